The van der Waals surface area contributed by atoms with Crippen LogP contribution in [-0.2, 0) is 0 Å². The summed E-state index contributed by atoms with van der Waals surface area (Å²) >= 11 is 0. The molecule has 2 fully saturated rings. The van der Waals surface area contributed by atoms with Crippen molar-refractivity contribution in [2.24, 2.45) is 0 Å². The second kappa shape index (κ2) is 6.32. The van der Waals surface area contributed by atoms with Gasteiger partial charge in [-0.3, -0.25) is 0 Å². The molecule has 1 saturated heterocycles. The number of nitrogens with one attached hydrogen (secondary N) is 1. The van der Waals surface area contributed by atoms with E-state index >= 15 is 0 Å². The van der Waals surface area contributed by atoms with Gasteiger partial charge in [0.25, 0.3) is 0 Å². The molecule has 4 rings (SSSR count). The van der Waals surface area contributed by atoms with Gasteiger partial charge in [-0.05, 0) is 25.0 Å². The lowest BCUT2D eigenvalue weighted by atomic mass is 10.0. The van der Waals surface area contributed by atoms with Crippen LogP contribution in [0.1, 0.15) is 37.3 Å². The molecular formula is C18H23FN4. The summed E-state index contributed by atoms with van der Waals surface area (Å²) in [4.78, 5) is 2.40. The van der Waals surface area contributed by atoms with Crippen molar-refractivity contribution in [3.05, 3.63) is 42.0 Å². The van der Waals surface area contributed by atoms with Gasteiger partial charge in [0.2, 0.25) is 0 Å². The van der Waals surface area contributed by atoms with Crippen LogP contribution < -0.4 is 10.2 Å². The third-order valence-corrected chi connectivity index (χ3v) is 5.07. The lowest BCUT2D eigenvalue weighted by Gasteiger charge is -2.30. The number of para-hydroxylation sites is 1. The Bertz CT molecular complexity index is 669. The van der Waals surface area contributed by atoms with Crippen LogP contribution in [-0.4, -0.2) is 36.0 Å². The van der Waals surface area contributed by atoms with Gasteiger partial charge in [-0.15, -0.1) is 0 Å². The molecule has 0 atom stereocenters. The second-order valence-corrected chi connectivity index (χ2v) is 6.50. The van der Waals surface area contributed by atoms with Gasteiger partial charge in [0, 0.05) is 32.1 Å². The largest absolute Gasteiger partial charge is 0.366 e. The average molecular weight is 314 g/mol. The summed E-state index contributed by atoms with van der Waals surface area (Å²) in [7, 11) is 0. The Morgan fingerprint density at radius 1 is 1.04 bits per heavy atom. The number of halogens is 1. The van der Waals surface area contributed by atoms with E-state index in [0.717, 1.165) is 26.2 Å². The number of benzene rings is 1. The molecule has 1 N–H and O–H groups in total. The predicted molar refractivity (Wildman–Crippen MR) is 89.8 cm³/mol. The number of piperazine rings is 1. The fraction of sp³-hybridized carbons (Fsp3) is 0.500. The second-order valence-electron chi connectivity index (χ2n) is 6.50. The van der Waals surface area contributed by atoms with E-state index in [1.165, 1.54) is 43.1 Å². The highest BCUT2D eigenvalue weighted by Gasteiger charge is 2.28. The minimum absolute atomic E-state index is 0.207. The van der Waals surface area contributed by atoms with Crippen LogP contribution in [0.4, 0.5) is 10.1 Å². The summed E-state index contributed by atoms with van der Waals surface area (Å²) in [5, 5.41) is 7.97. The first-order chi connectivity index (χ1) is 11.3. The molecule has 23 heavy (non-hydrogen) atoms. The Kier molecular flexibility index (Phi) is 4.04. The Morgan fingerprint density at radius 3 is 2.52 bits per heavy atom. The quantitative estimate of drug-likeness (QED) is 0.945. The molecule has 0 unspecified atom stereocenters. The molecule has 2 heterocycles. The third-order valence-electron chi connectivity index (χ3n) is 5.07. The molecule has 0 amide bonds. The zero-order valence-corrected chi connectivity index (χ0v) is 13.3. The Balaban J connectivity index is 1.79. The molecule has 2 aliphatic rings. The average Bonchev–Trinajstić information content (AvgIpc) is 3.25. The summed E-state index contributed by atoms with van der Waals surface area (Å²) in [6, 6.07) is 6.94. The molecular weight excluding hydrogens is 291 g/mol. The van der Waals surface area contributed by atoms with Crippen LogP contribution >= 0.6 is 0 Å². The maximum absolute atomic E-state index is 14.3. The molecule has 0 bridgehead atoms. The van der Waals surface area contributed by atoms with Crippen LogP contribution in [0.3, 0.4) is 0 Å². The van der Waals surface area contributed by atoms with Gasteiger partial charge in [0.15, 0.2) is 0 Å². The number of aromatic nitrogens is 2. The van der Waals surface area contributed by atoms with Crippen molar-refractivity contribution in [3.8, 4) is 5.69 Å². The molecule has 5 heteroatoms. The van der Waals surface area contributed by atoms with E-state index in [1.54, 1.807) is 6.07 Å². The smallest absolute Gasteiger partial charge is 0.148 e. The number of hydrogen-bond acceptors (Lipinski definition) is 3. The summed E-state index contributed by atoms with van der Waals surface area (Å²) < 4.78 is 16.2. The van der Waals surface area contributed by atoms with Gasteiger partial charge in [0.05, 0.1) is 17.6 Å². The topological polar surface area (TPSA) is 33.1 Å². The van der Waals surface area contributed by atoms with Crippen molar-refractivity contribution >= 4 is 5.69 Å². The Hall–Kier alpha value is -1.88. The van der Waals surface area contributed by atoms with Crippen LogP contribution in [0.2, 0.25) is 0 Å². The molecule has 0 spiro atoms. The van der Waals surface area contributed by atoms with Crippen molar-refractivity contribution in [1.29, 1.82) is 0 Å². The number of hydrogen-bond donors (Lipinski definition) is 1. The van der Waals surface area contributed by atoms with Crippen LogP contribution in [0, 0.1) is 5.82 Å². The van der Waals surface area contributed by atoms with Crippen molar-refractivity contribution in [2.45, 2.75) is 31.6 Å². The van der Waals surface area contributed by atoms with Crippen LogP contribution in [0.25, 0.3) is 5.69 Å². The minimum atomic E-state index is -0.207. The molecule has 122 valence electrons. The molecule has 4 nitrogen and oxygen atoms in total. The highest BCUT2D eigenvalue weighted by Crippen LogP contribution is 2.40. The third kappa shape index (κ3) is 2.74. The summed E-state index contributed by atoms with van der Waals surface area (Å²) in [6.45, 7) is 3.97. The molecule has 1 saturated carbocycles. The van der Waals surface area contributed by atoms with Crippen molar-refractivity contribution in [3.63, 3.8) is 0 Å². The highest BCUT2D eigenvalue weighted by molar-refractivity contribution is 5.55. The van der Waals surface area contributed by atoms with Crippen molar-refractivity contribution < 1.29 is 4.39 Å². The number of anilines is 1. The van der Waals surface area contributed by atoms with Crippen molar-refractivity contribution in [2.75, 3.05) is 31.1 Å². The van der Waals surface area contributed by atoms with Crippen LogP contribution in [0.15, 0.2) is 30.5 Å². The molecule has 1 aliphatic carbocycles. The SMILES string of the molecule is Fc1ccccc1-n1ncc(N2CCNCC2)c1C1CCCC1. The number of rotatable bonds is 3. The normalized spacial score (nSPS) is 19.4. The standard InChI is InChI=1S/C18H23FN4/c19-15-7-3-4-8-16(15)23-18(14-5-1-2-6-14)17(13-21-23)22-11-9-20-10-12-22/h3-4,7-8,13-14,20H,1-2,5-6,9-12H2. The van der Waals surface area contributed by atoms with Gasteiger partial charge in [-0.1, -0.05) is 25.0 Å². The monoisotopic (exact) mass is 314 g/mol. The van der Waals surface area contributed by atoms with Gasteiger partial charge in [-0.2, -0.15) is 5.10 Å². The van der Waals surface area contributed by atoms with E-state index in [2.05, 4.69) is 15.3 Å². The lowest BCUT2D eigenvalue weighted by Crippen LogP contribution is -2.43. The first-order valence-corrected chi connectivity index (χ1v) is 8.63. The highest BCUT2D eigenvalue weighted by atomic mass is 19.1. The maximum Gasteiger partial charge on any atom is 0.148 e. The van der Waals surface area contributed by atoms with Crippen molar-refractivity contribution in [1.82, 2.24) is 15.1 Å². The zero-order valence-electron chi connectivity index (χ0n) is 13.3. The van der Waals surface area contributed by atoms with E-state index in [9.17, 15) is 4.39 Å². The molecule has 2 aromatic rings. The lowest BCUT2D eigenvalue weighted by molar-refractivity contribution is 0.576. The molecule has 1 aliphatic heterocycles. The molecule has 0 radical (unpaired) electrons. The minimum Gasteiger partial charge on any atom is -0.366 e. The zero-order chi connectivity index (χ0) is 15.6. The Morgan fingerprint density at radius 2 is 1.78 bits per heavy atom. The first-order valence-electron chi connectivity index (χ1n) is 8.63. The van der Waals surface area contributed by atoms with Crippen LogP contribution in [0.5, 0.6) is 0 Å². The van der Waals surface area contributed by atoms with E-state index in [4.69, 9.17) is 0 Å². The van der Waals surface area contributed by atoms with E-state index in [0.29, 0.717) is 11.6 Å². The number of nitrogens with zero attached hydrogens (tertiary/aromatic N) is 3. The van der Waals surface area contributed by atoms with E-state index in [-0.39, 0.29) is 5.82 Å². The van der Waals surface area contributed by atoms with E-state index in [1.807, 2.05) is 23.0 Å². The van der Waals surface area contributed by atoms with E-state index < -0.39 is 0 Å². The van der Waals surface area contributed by atoms with Gasteiger partial charge >= 0.3 is 0 Å². The van der Waals surface area contributed by atoms with Gasteiger partial charge in [-0.25, -0.2) is 9.07 Å². The molecule has 1 aromatic carbocycles. The summed E-state index contributed by atoms with van der Waals surface area (Å²) in [6.07, 6.45) is 6.81. The summed E-state index contributed by atoms with van der Waals surface area (Å²) in [5.41, 5.74) is 2.96. The van der Waals surface area contributed by atoms with Gasteiger partial charge < -0.3 is 10.2 Å². The fourth-order valence-corrected chi connectivity index (χ4v) is 3.90. The predicted octanol–water partition coefficient (Wildman–Crippen LogP) is 3.08. The fourth-order valence-electron chi connectivity index (χ4n) is 3.90. The van der Waals surface area contributed by atoms with Gasteiger partial charge in [0.1, 0.15) is 11.5 Å². The summed E-state index contributed by atoms with van der Waals surface area (Å²) in [5.74, 6) is 0.281. The first kappa shape index (κ1) is 14.7. The molecule has 1 aromatic heterocycles. The Labute approximate surface area is 136 Å². The maximum atomic E-state index is 14.3.